The van der Waals surface area contributed by atoms with Crippen molar-refractivity contribution < 1.29 is 9.90 Å². The van der Waals surface area contributed by atoms with E-state index in [1.165, 1.54) is 12.1 Å². The molecule has 0 atom stereocenters. The third kappa shape index (κ3) is 1.73. The highest BCUT2D eigenvalue weighted by atomic mass is 32.1. The van der Waals surface area contributed by atoms with E-state index in [0.29, 0.717) is 22.4 Å². The first-order valence-corrected chi connectivity index (χ1v) is 4.54. The molecule has 0 aromatic heterocycles. The van der Waals surface area contributed by atoms with Gasteiger partial charge in [-0.15, -0.1) is 12.6 Å². The third-order valence-electron chi connectivity index (χ3n) is 1.99. The van der Waals surface area contributed by atoms with Crippen molar-refractivity contribution in [1.82, 2.24) is 0 Å². The Kier molecular flexibility index (Phi) is 3.15. The quantitative estimate of drug-likeness (QED) is 0.730. The summed E-state index contributed by atoms with van der Waals surface area (Å²) >= 11 is 4.10. The molecular weight excluding hydrogens is 198 g/mol. The minimum absolute atomic E-state index is 0.182. The summed E-state index contributed by atoms with van der Waals surface area (Å²) in [5.74, 6) is -1.01. The summed E-state index contributed by atoms with van der Waals surface area (Å²) < 4.78 is 0. The number of carbonyl (C=O) groups is 1. The Morgan fingerprint density at radius 3 is 2.71 bits per heavy atom. The maximum atomic E-state index is 10.8. The maximum Gasteiger partial charge on any atom is 0.336 e. The smallest absolute Gasteiger partial charge is 0.336 e. The van der Waals surface area contributed by atoms with Crippen molar-refractivity contribution in [3.8, 4) is 6.07 Å². The number of nitrogens with zero attached hydrogens (tertiary/aromatic N) is 1. The average Bonchev–Trinajstić information content (AvgIpc) is 2.16. The van der Waals surface area contributed by atoms with E-state index in [0.717, 1.165) is 0 Å². The van der Waals surface area contributed by atoms with E-state index < -0.39 is 5.97 Å². The van der Waals surface area contributed by atoms with Crippen molar-refractivity contribution in [3.63, 3.8) is 0 Å². The Balaban J connectivity index is 3.50. The number of rotatable bonds is 2. The summed E-state index contributed by atoms with van der Waals surface area (Å²) in [7, 11) is 0. The van der Waals surface area contributed by atoms with Crippen LogP contribution >= 0.6 is 12.6 Å². The van der Waals surface area contributed by atoms with Gasteiger partial charge in [-0.3, -0.25) is 0 Å². The highest BCUT2D eigenvalue weighted by Crippen LogP contribution is 2.22. The first kappa shape index (κ1) is 10.6. The van der Waals surface area contributed by atoms with Crippen molar-refractivity contribution in [2.24, 2.45) is 0 Å². The second-order valence-electron chi connectivity index (χ2n) is 2.76. The lowest BCUT2D eigenvalue weighted by Crippen LogP contribution is -2.04. The van der Waals surface area contributed by atoms with Crippen LogP contribution in [0.25, 0.3) is 0 Å². The average molecular weight is 207 g/mol. The van der Waals surface area contributed by atoms with Gasteiger partial charge < -0.3 is 5.11 Å². The second kappa shape index (κ2) is 4.16. The molecule has 0 spiro atoms. The van der Waals surface area contributed by atoms with E-state index in [-0.39, 0.29) is 5.56 Å². The summed E-state index contributed by atoms with van der Waals surface area (Å²) in [4.78, 5) is 11.3. The molecule has 4 heteroatoms. The molecule has 0 unspecified atom stereocenters. The molecule has 72 valence electrons. The Bertz CT molecular complexity index is 421. The fourth-order valence-corrected chi connectivity index (χ4v) is 1.59. The lowest BCUT2D eigenvalue weighted by molar-refractivity contribution is 0.0695. The molecule has 0 radical (unpaired) electrons. The molecule has 0 saturated carbocycles. The molecule has 0 amide bonds. The molecule has 0 aliphatic carbocycles. The largest absolute Gasteiger partial charge is 0.478 e. The van der Waals surface area contributed by atoms with Crippen molar-refractivity contribution in [1.29, 1.82) is 5.26 Å². The predicted octanol–water partition coefficient (Wildman–Crippen LogP) is 2.11. The van der Waals surface area contributed by atoms with Gasteiger partial charge in [-0.05, 0) is 24.1 Å². The van der Waals surface area contributed by atoms with E-state index >= 15 is 0 Å². The summed E-state index contributed by atoms with van der Waals surface area (Å²) in [6, 6.07) is 4.98. The molecule has 0 aliphatic heterocycles. The molecule has 1 aromatic rings. The number of benzene rings is 1. The van der Waals surface area contributed by atoms with Crippen molar-refractivity contribution in [2.75, 3.05) is 0 Å². The molecule has 14 heavy (non-hydrogen) atoms. The minimum Gasteiger partial charge on any atom is -0.478 e. The number of hydrogen-bond acceptors (Lipinski definition) is 3. The van der Waals surface area contributed by atoms with E-state index in [9.17, 15) is 4.79 Å². The Labute approximate surface area is 87.4 Å². The zero-order chi connectivity index (χ0) is 10.7. The van der Waals surface area contributed by atoms with E-state index in [1.807, 2.05) is 13.0 Å². The number of nitriles is 1. The first-order valence-electron chi connectivity index (χ1n) is 4.10. The van der Waals surface area contributed by atoms with Crippen molar-refractivity contribution in [2.45, 2.75) is 18.2 Å². The van der Waals surface area contributed by atoms with Crippen LogP contribution < -0.4 is 0 Å². The number of aromatic carboxylic acids is 1. The monoisotopic (exact) mass is 207 g/mol. The van der Waals surface area contributed by atoms with Crippen LogP contribution in [-0.4, -0.2) is 11.1 Å². The SMILES string of the molecule is CCc1c(C(=O)O)ccc(S)c1C#N. The summed E-state index contributed by atoms with van der Waals surface area (Å²) in [5, 5.41) is 17.7. The summed E-state index contributed by atoms with van der Waals surface area (Å²) in [5.41, 5.74) is 1.09. The van der Waals surface area contributed by atoms with Gasteiger partial charge in [0.25, 0.3) is 0 Å². The van der Waals surface area contributed by atoms with Gasteiger partial charge >= 0.3 is 5.97 Å². The fourth-order valence-electron chi connectivity index (χ4n) is 1.33. The van der Waals surface area contributed by atoms with Gasteiger partial charge in [-0.2, -0.15) is 5.26 Å². The van der Waals surface area contributed by atoms with Gasteiger partial charge in [0, 0.05) is 4.90 Å². The Morgan fingerprint density at radius 2 is 2.29 bits per heavy atom. The molecule has 0 bridgehead atoms. The van der Waals surface area contributed by atoms with Crippen LogP contribution in [0.1, 0.15) is 28.4 Å². The highest BCUT2D eigenvalue weighted by molar-refractivity contribution is 7.80. The van der Waals surface area contributed by atoms with Crippen LogP contribution in [0.3, 0.4) is 0 Å². The Hall–Kier alpha value is -1.47. The number of hydrogen-bond donors (Lipinski definition) is 2. The molecule has 1 N–H and O–H groups in total. The molecule has 1 rings (SSSR count). The van der Waals surface area contributed by atoms with Crippen LogP contribution in [0, 0.1) is 11.3 Å². The second-order valence-corrected chi connectivity index (χ2v) is 3.24. The zero-order valence-corrected chi connectivity index (χ0v) is 8.51. The normalized spacial score (nSPS) is 9.50. The lowest BCUT2D eigenvalue weighted by Gasteiger charge is -2.07. The fraction of sp³-hybridized carbons (Fsp3) is 0.200. The van der Waals surface area contributed by atoms with E-state index in [2.05, 4.69) is 12.6 Å². The van der Waals surface area contributed by atoms with Crippen molar-refractivity contribution in [3.05, 3.63) is 28.8 Å². The number of carboxylic acids is 1. The van der Waals surface area contributed by atoms with Crippen LogP contribution in [0.4, 0.5) is 0 Å². The van der Waals surface area contributed by atoms with Crippen LogP contribution in [0.2, 0.25) is 0 Å². The standard InChI is InChI=1S/C10H9NO2S/c1-2-6-7(10(12)13)3-4-9(14)8(6)5-11/h3-4,14H,2H2,1H3,(H,12,13). The number of thiol groups is 1. The van der Waals surface area contributed by atoms with Gasteiger partial charge in [-0.1, -0.05) is 6.92 Å². The topological polar surface area (TPSA) is 61.1 Å². The van der Waals surface area contributed by atoms with Gasteiger partial charge in [0.2, 0.25) is 0 Å². The molecule has 0 aliphatic rings. The van der Waals surface area contributed by atoms with E-state index in [4.69, 9.17) is 10.4 Å². The predicted molar refractivity (Wildman–Crippen MR) is 54.7 cm³/mol. The Morgan fingerprint density at radius 1 is 1.64 bits per heavy atom. The van der Waals surface area contributed by atoms with Crippen LogP contribution in [0.15, 0.2) is 17.0 Å². The van der Waals surface area contributed by atoms with Gasteiger partial charge in [-0.25, -0.2) is 4.79 Å². The summed E-state index contributed by atoms with van der Waals surface area (Å²) in [6.45, 7) is 1.82. The highest BCUT2D eigenvalue weighted by Gasteiger charge is 2.14. The maximum absolute atomic E-state index is 10.8. The van der Waals surface area contributed by atoms with E-state index in [1.54, 1.807) is 0 Å². The molecule has 0 fully saturated rings. The van der Waals surface area contributed by atoms with Crippen LogP contribution in [0.5, 0.6) is 0 Å². The number of carboxylic acid groups (broad SMARTS) is 1. The minimum atomic E-state index is -1.01. The van der Waals surface area contributed by atoms with Crippen molar-refractivity contribution >= 4 is 18.6 Å². The molecule has 0 saturated heterocycles. The zero-order valence-electron chi connectivity index (χ0n) is 7.61. The van der Waals surface area contributed by atoms with Gasteiger partial charge in [0.05, 0.1) is 11.1 Å². The van der Waals surface area contributed by atoms with Crippen LogP contribution in [-0.2, 0) is 6.42 Å². The van der Waals surface area contributed by atoms with Gasteiger partial charge in [0.1, 0.15) is 6.07 Å². The molecule has 0 heterocycles. The summed E-state index contributed by atoms with van der Waals surface area (Å²) in [6.07, 6.45) is 0.513. The lowest BCUT2D eigenvalue weighted by atomic mass is 9.99. The molecule has 1 aromatic carbocycles. The first-order chi connectivity index (χ1) is 6.61. The third-order valence-corrected chi connectivity index (χ3v) is 2.36. The van der Waals surface area contributed by atoms with Gasteiger partial charge in [0.15, 0.2) is 0 Å². The molecular formula is C10H9NO2S. The molecule has 3 nitrogen and oxygen atoms in total.